The zero-order valence-electron chi connectivity index (χ0n) is 21.1. The van der Waals surface area contributed by atoms with Gasteiger partial charge in [0.2, 0.25) is 5.91 Å². The van der Waals surface area contributed by atoms with Crippen molar-refractivity contribution in [3.05, 3.63) is 72.1 Å². The predicted molar refractivity (Wildman–Crippen MR) is 151 cm³/mol. The predicted octanol–water partition coefficient (Wildman–Crippen LogP) is 4.21. The maximum absolute atomic E-state index is 13.2. The molecule has 1 amide bonds. The number of nitrogens with zero attached hydrogens (tertiary/aromatic N) is 2. The summed E-state index contributed by atoms with van der Waals surface area (Å²) in [5, 5.41) is 0. The van der Waals surface area contributed by atoms with E-state index in [1.807, 2.05) is 36.3 Å². The van der Waals surface area contributed by atoms with Gasteiger partial charge in [-0.15, -0.1) is 0 Å². The zero-order valence-corrected chi connectivity index (χ0v) is 22.8. The van der Waals surface area contributed by atoms with Crippen LogP contribution in [0.1, 0.15) is 36.8 Å². The van der Waals surface area contributed by atoms with Crippen molar-refractivity contribution < 1.29 is 17.9 Å². The van der Waals surface area contributed by atoms with Crippen LogP contribution in [0.5, 0.6) is 0 Å². The number of hydrogen-bond donors (Lipinski definition) is 2. The molecule has 36 heavy (non-hydrogen) atoms. The number of aryl methyl sites for hydroxylation is 2. The Bertz CT molecular complexity index is 1130. The van der Waals surface area contributed by atoms with Gasteiger partial charge in [-0.05, 0) is 86.9 Å². The Morgan fingerprint density at radius 2 is 1.72 bits per heavy atom. The number of unbranched alkanes of at least 4 members (excludes halogenated alkanes) is 1. The molecule has 9 heteroatoms. The van der Waals surface area contributed by atoms with Crippen LogP contribution in [0.3, 0.4) is 0 Å². The van der Waals surface area contributed by atoms with Gasteiger partial charge in [-0.2, -0.15) is 12.6 Å². The number of hydrogen-bond acceptors (Lipinski definition) is 7. The SMILES string of the molecule is C=N/C=C\N(C)c1cccc(CCCCc2ccc(S(=O)(=O)C3(C(N)=O)CCOCC3)cc2)c1.CS. The third-order valence-electron chi connectivity index (χ3n) is 6.39. The molecule has 196 valence electrons. The van der Waals surface area contributed by atoms with E-state index in [2.05, 4.69) is 42.5 Å². The van der Waals surface area contributed by atoms with Gasteiger partial charge in [0.25, 0.3) is 0 Å². The summed E-state index contributed by atoms with van der Waals surface area (Å²) >= 11 is 3.53. The van der Waals surface area contributed by atoms with E-state index >= 15 is 0 Å². The molecule has 3 rings (SSSR count). The highest BCUT2D eigenvalue weighted by Crippen LogP contribution is 2.35. The summed E-state index contributed by atoms with van der Waals surface area (Å²) in [6.45, 7) is 3.87. The first-order chi connectivity index (χ1) is 17.3. The van der Waals surface area contributed by atoms with Crippen LogP contribution < -0.4 is 10.6 Å². The van der Waals surface area contributed by atoms with Crippen molar-refractivity contribution in [2.45, 2.75) is 48.2 Å². The van der Waals surface area contributed by atoms with Crippen LogP contribution in [-0.4, -0.2) is 52.3 Å². The molecule has 7 nitrogen and oxygen atoms in total. The summed E-state index contributed by atoms with van der Waals surface area (Å²) < 4.78 is 30.2. The van der Waals surface area contributed by atoms with Crippen LogP contribution in [0.15, 0.2) is 70.8 Å². The number of carbonyl (C=O) groups is 1. The van der Waals surface area contributed by atoms with Crippen LogP contribution in [0.4, 0.5) is 5.69 Å². The molecule has 0 aromatic heterocycles. The number of benzene rings is 2. The number of nitrogens with two attached hydrogens (primary N) is 1. The van der Waals surface area contributed by atoms with Gasteiger partial charge in [0.05, 0.1) is 4.90 Å². The van der Waals surface area contributed by atoms with E-state index in [1.165, 1.54) is 5.56 Å². The summed E-state index contributed by atoms with van der Waals surface area (Å²) in [4.78, 5) is 18.0. The molecule has 1 aliphatic rings. The Labute approximate surface area is 220 Å². The Hall–Kier alpha value is -2.62. The van der Waals surface area contributed by atoms with Crippen molar-refractivity contribution >= 4 is 40.8 Å². The molecule has 1 fully saturated rings. The standard InChI is InChI=1S/C26H33N3O4S.CH4S/c1-28-16-17-29(2)23-9-5-8-22(20-23)7-4-3-6-21-10-12-24(13-11-21)34(31,32)26(25(27)30)14-18-33-19-15-26;1-2/h5,8-13,16-17,20H,1,3-4,6-7,14-15,18-19H2,2H3,(H2,27,30);2H,1H3/b17-16-;. The Morgan fingerprint density at radius 1 is 1.11 bits per heavy atom. The van der Waals surface area contributed by atoms with E-state index in [0.717, 1.165) is 36.9 Å². The van der Waals surface area contributed by atoms with Crippen molar-refractivity contribution in [2.75, 3.05) is 31.4 Å². The minimum Gasteiger partial charge on any atom is -0.381 e. The lowest BCUT2D eigenvalue weighted by Gasteiger charge is -2.33. The van der Waals surface area contributed by atoms with Gasteiger partial charge in [0.1, 0.15) is 0 Å². The molecule has 0 bridgehead atoms. The summed E-state index contributed by atoms with van der Waals surface area (Å²) in [5.41, 5.74) is 8.96. The van der Waals surface area contributed by atoms with E-state index in [0.29, 0.717) is 0 Å². The second kappa shape index (κ2) is 14.2. The first kappa shape index (κ1) is 29.6. The van der Waals surface area contributed by atoms with Gasteiger partial charge in [-0.1, -0.05) is 24.3 Å². The molecule has 0 atom stereocenters. The molecule has 0 spiro atoms. The molecule has 0 unspecified atom stereocenters. The van der Waals surface area contributed by atoms with Gasteiger partial charge in [0.15, 0.2) is 14.6 Å². The second-order valence-electron chi connectivity index (χ2n) is 8.59. The fourth-order valence-electron chi connectivity index (χ4n) is 4.23. The summed E-state index contributed by atoms with van der Waals surface area (Å²) in [6.07, 6.45) is 9.19. The van der Waals surface area contributed by atoms with Crippen molar-refractivity contribution in [3.8, 4) is 0 Å². The third-order valence-corrected chi connectivity index (χ3v) is 8.92. The molecule has 2 aromatic rings. The molecular formula is C27H37N3O4S2. The van der Waals surface area contributed by atoms with E-state index in [4.69, 9.17) is 10.5 Å². The normalized spacial score (nSPS) is 15.1. The largest absolute Gasteiger partial charge is 0.381 e. The molecule has 2 N–H and O–H groups in total. The van der Waals surface area contributed by atoms with Crippen LogP contribution in [0.25, 0.3) is 0 Å². The third kappa shape index (κ3) is 7.21. The quantitative estimate of drug-likeness (QED) is 0.257. The molecule has 0 saturated carbocycles. The van der Waals surface area contributed by atoms with Crippen LogP contribution in [-0.2, 0) is 32.2 Å². The number of thiol groups is 1. The average molecular weight is 532 g/mol. The second-order valence-corrected chi connectivity index (χ2v) is 10.8. The van der Waals surface area contributed by atoms with Crippen LogP contribution >= 0.6 is 12.6 Å². The van der Waals surface area contributed by atoms with Gasteiger partial charge in [-0.3, -0.25) is 9.79 Å². The maximum Gasteiger partial charge on any atom is 0.239 e. The number of carbonyl (C=O) groups excluding carboxylic acids is 1. The van der Waals surface area contributed by atoms with Crippen molar-refractivity contribution in [1.29, 1.82) is 0 Å². The number of aliphatic imine (C=N–C) groups is 1. The molecule has 1 saturated heterocycles. The van der Waals surface area contributed by atoms with Gasteiger partial charge >= 0.3 is 0 Å². The van der Waals surface area contributed by atoms with E-state index < -0.39 is 20.5 Å². The van der Waals surface area contributed by atoms with E-state index in [1.54, 1.807) is 24.6 Å². The number of anilines is 1. The number of rotatable bonds is 11. The molecule has 2 aromatic carbocycles. The molecule has 0 radical (unpaired) electrons. The fraction of sp³-hybridized carbons (Fsp3) is 0.407. The van der Waals surface area contributed by atoms with E-state index in [9.17, 15) is 13.2 Å². The number of ether oxygens (including phenoxy) is 1. The summed E-state index contributed by atoms with van der Waals surface area (Å²) in [7, 11) is -1.92. The molecule has 0 aliphatic carbocycles. The van der Waals surface area contributed by atoms with Gasteiger partial charge < -0.3 is 15.4 Å². The lowest BCUT2D eigenvalue weighted by molar-refractivity contribution is -0.122. The van der Waals surface area contributed by atoms with Crippen LogP contribution in [0, 0.1) is 0 Å². The highest BCUT2D eigenvalue weighted by molar-refractivity contribution is 7.93. The summed E-state index contributed by atoms with van der Waals surface area (Å²) in [6, 6.07) is 15.2. The Kier molecular flexibility index (Phi) is 11.7. The van der Waals surface area contributed by atoms with Crippen molar-refractivity contribution in [1.82, 2.24) is 0 Å². The fourth-order valence-corrected chi connectivity index (χ4v) is 6.15. The highest BCUT2D eigenvalue weighted by Gasteiger charge is 2.50. The highest BCUT2D eigenvalue weighted by atomic mass is 32.2. The van der Waals surface area contributed by atoms with Crippen molar-refractivity contribution in [2.24, 2.45) is 10.7 Å². The minimum atomic E-state index is -3.89. The number of amides is 1. The smallest absolute Gasteiger partial charge is 0.239 e. The summed E-state index contributed by atoms with van der Waals surface area (Å²) in [5.74, 6) is -0.802. The maximum atomic E-state index is 13.2. The first-order valence-corrected chi connectivity index (χ1v) is 14.3. The van der Waals surface area contributed by atoms with Crippen LogP contribution in [0.2, 0.25) is 0 Å². The monoisotopic (exact) mass is 531 g/mol. The molecule has 1 heterocycles. The minimum absolute atomic E-state index is 0.0881. The van der Waals surface area contributed by atoms with Crippen molar-refractivity contribution in [3.63, 3.8) is 0 Å². The zero-order chi connectivity index (χ0) is 26.6. The lowest BCUT2D eigenvalue weighted by atomic mass is 9.98. The molecule has 1 aliphatic heterocycles. The number of sulfone groups is 1. The van der Waals surface area contributed by atoms with Gasteiger partial charge in [0, 0.05) is 38.3 Å². The number of primary amides is 1. The van der Waals surface area contributed by atoms with Gasteiger partial charge in [-0.25, -0.2) is 8.42 Å². The van der Waals surface area contributed by atoms with E-state index in [-0.39, 0.29) is 31.0 Å². The Balaban J connectivity index is 0.00000222. The lowest BCUT2D eigenvalue weighted by Crippen LogP contribution is -2.53. The molecular weight excluding hydrogens is 494 g/mol. The first-order valence-electron chi connectivity index (χ1n) is 11.9. The topological polar surface area (TPSA) is 102 Å². The Morgan fingerprint density at radius 3 is 2.31 bits per heavy atom. The average Bonchev–Trinajstić information content (AvgIpc) is 2.91.